The van der Waals surface area contributed by atoms with Crippen LogP contribution in [0.5, 0.6) is 0 Å². The van der Waals surface area contributed by atoms with Crippen LogP contribution in [0.4, 0.5) is 0 Å². The molecule has 0 aliphatic carbocycles. The van der Waals surface area contributed by atoms with Crippen molar-refractivity contribution in [2.45, 2.75) is 168 Å². The van der Waals surface area contributed by atoms with E-state index in [1.54, 1.807) is 20.0 Å². The lowest BCUT2D eigenvalue weighted by Crippen LogP contribution is -2.62. The van der Waals surface area contributed by atoms with E-state index in [4.69, 9.17) is 0 Å². The number of aromatic nitrogens is 1. The summed E-state index contributed by atoms with van der Waals surface area (Å²) in [6.07, 6.45) is 5.78. The van der Waals surface area contributed by atoms with E-state index in [1.807, 2.05) is 65.8 Å². The van der Waals surface area contributed by atoms with Crippen LogP contribution in [0.2, 0.25) is 0 Å². The lowest BCUT2D eigenvalue weighted by Gasteiger charge is -2.35. The SMILES string of the molecule is CC[C@H](C)[C@@H]1NC(=O)[C@H](CC(C)C)NC(=O)[C@@H]2CCCN2C(=O)[C@H](C(C)C)NC(=O)[C@H](Cc2c[nH]c3ccccc23)NC(=O)[C@@H]2CCCN2C(=O)[C@H]([C@@H](C)CC)NC(=O)[C@@H]2CCCN2C1=O. The lowest BCUT2D eigenvalue weighted by molar-refractivity contribution is -0.146. The molecule has 4 aliphatic heterocycles. The zero-order chi connectivity index (χ0) is 48.0. The topological polar surface area (TPSA) is 222 Å². The van der Waals surface area contributed by atoms with Gasteiger partial charge in [0.2, 0.25) is 47.3 Å². The van der Waals surface area contributed by atoms with Crippen LogP contribution in [-0.4, -0.2) is 135 Å². The van der Waals surface area contributed by atoms with E-state index in [0.29, 0.717) is 51.4 Å². The number of nitrogens with zero attached hydrogens (tertiary/aromatic N) is 3. The molecule has 4 aliphatic rings. The van der Waals surface area contributed by atoms with Crippen molar-refractivity contribution in [3.8, 4) is 0 Å². The third-order valence-corrected chi connectivity index (χ3v) is 14.4. The summed E-state index contributed by atoms with van der Waals surface area (Å²) in [5.41, 5.74) is 1.61. The molecule has 66 heavy (non-hydrogen) atoms. The molecule has 6 rings (SSSR count). The Morgan fingerprint density at radius 2 is 0.970 bits per heavy atom. The highest BCUT2D eigenvalue weighted by molar-refractivity contribution is 6.00. The number of fused-ring (bicyclic) bond motifs is 4. The third kappa shape index (κ3) is 11.0. The molecule has 8 amide bonds. The van der Waals surface area contributed by atoms with Gasteiger partial charge in [0.05, 0.1) is 0 Å². The maximum absolute atomic E-state index is 14.7. The first-order valence-corrected chi connectivity index (χ1v) is 24.4. The summed E-state index contributed by atoms with van der Waals surface area (Å²) in [5, 5.41) is 15.7. The molecule has 17 nitrogen and oxygen atoms in total. The summed E-state index contributed by atoms with van der Waals surface area (Å²) in [5.74, 6) is -5.10. The summed E-state index contributed by atoms with van der Waals surface area (Å²) >= 11 is 0. The molecular formula is C49H73N9O8. The molecule has 10 atom stereocenters. The van der Waals surface area contributed by atoms with Crippen molar-refractivity contribution in [1.82, 2.24) is 46.3 Å². The molecule has 4 saturated heterocycles. The van der Waals surface area contributed by atoms with Crippen LogP contribution in [-0.2, 0) is 44.8 Å². The predicted molar refractivity (Wildman–Crippen MR) is 249 cm³/mol. The Hall–Kier alpha value is -5.48. The molecule has 17 heteroatoms. The number of para-hydroxylation sites is 1. The second-order valence-corrected chi connectivity index (χ2v) is 19.9. The molecule has 4 fully saturated rings. The number of nitrogens with one attached hydrogen (secondary N) is 6. The van der Waals surface area contributed by atoms with Gasteiger partial charge >= 0.3 is 0 Å². The highest BCUT2D eigenvalue weighted by Gasteiger charge is 2.45. The van der Waals surface area contributed by atoms with Crippen LogP contribution in [0.25, 0.3) is 10.9 Å². The van der Waals surface area contributed by atoms with Crippen molar-refractivity contribution in [3.05, 3.63) is 36.0 Å². The van der Waals surface area contributed by atoms with Crippen molar-refractivity contribution in [3.63, 3.8) is 0 Å². The van der Waals surface area contributed by atoms with Gasteiger partial charge in [0.25, 0.3) is 0 Å². The van der Waals surface area contributed by atoms with Gasteiger partial charge < -0.3 is 46.3 Å². The monoisotopic (exact) mass is 916 g/mol. The fourth-order valence-electron chi connectivity index (χ4n) is 10.1. The van der Waals surface area contributed by atoms with Crippen molar-refractivity contribution in [2.75, 3.05) is 19.6 Å². The quantitative estimate of drug-likeness (QED) is 0.219. The summed E-state index contributed by atoms with van der Waals surface area (Å²) < 4.78 is 0. The van der Waals surface area contributed by atoms with E-state index in [1.165, 1.54) is 14.7 Å². The maximum Gasteiger partial charge on any atom is 0.246 e. The van der Waals surface area contributed by atoms with Gasteiger partial charge in [0, 0.05) is 43.2 Å². The largest absolute Gasteiger partial charge is 0.361 e. The molecule has 1 aromatic heterocycles. The van der Waals surface area contributed by atoms with E-state index < -0.39 is 102 Å². The molecule has 0 bridgehead atoms. The van der Waals surface area contributed by atoms with Crippen molar-refractivity contribution in [2.24, 2.45) is 23.7 Å². The number of aromatic amines is 1. The summed E-state index contributed by atoms with van der Waals surface area (Å²) in [7, 11) is 0. The van der Waals surface area contributed by atoms with Crippen molar-refractivity contribution >= 4 is 58.2 Å². The normalized spacial score (nSPS) is 28.9. The van der Waals surface area contributed by atoms with Gasteiger partial charge in [-0.3, -0.25) is 38.4 Å². The van der Waals surface area contributed by atoms with Gasteiger partial charge in [-0.25, -0.2) is 0 Å². The Labute approximate surface area is 389 Å². The second kappa shape index (κ2) is 21.9. The van der Waals surface area contributed by atoms with Crippen LogP contribution in [0.3, 0.4) is 0 Å². The highest BCUT2D eigenvalue weighted by Crippen LogP contribution is 2.27. The Morgan fingerprint density at radius 1 is 0.545 bits per heavy atom. The Kier molecular flexibility index (Phi) is 16.6. The molecule has 0 radical (unpaired) electrons. The average molecular weight is 916 g/mol. The fourth-order valence-corrected chi connectivity index (χ4v) is 10.1. The second-order valence-electron chi connectivity index (χ2n) is 19.9. The van der Waals surface area contributed by atoms with Crippen LogP contribution in [0.15, 0.2) is 30.5 Å². The molecule has 5 heterocycles. The first-order chi connectivity index (χ1) is 31.4. The van der Waals surface area contributed by atoms with Crippen LogP contribution in [0, 0.1) is 23.7 Å². The number of amides is 8. The minimum Gasteiger partial charge on any atom is -0.361 e. The smallest absolute Gasteiger partial charge is 0.246 e. The minimum absolute atomic E-state index is 0.0335. The highest BCUT2D eigenvalue weighted by atomic mass is 16.2. The van der Waals surface area contributed by atoms with Crippen molar-refractivity contribution < 1.29 is 38.4 Å². The molecular weight excluding hydrogens is 843 g/mol. The fraction of sp³-hybridized carbons (Fsp3) is 0.673. The summed E-state index contributed by atoms with van der Waals surface area (Å²) in [6, 6.07) is -0.479. The minimum atomic E-state index is -1.17. The van der Waals surface area contributed by atoms with E-state index in [-0.39, 0.29) is 50.2 Å². The van der Waals surface area contributed by atoms with E-state index in [0.717, 1.165) is 16.5 Å². The summed E-state index contributed by atoms with van der Waals surface area (Å²) in [6.45, 7) is 15.8. The van der Waals surface area contributed by atoms with Crippen LogP contribution >= 0.6 is 0 Å². The van der Waals surface area contributed by atoms with Gasteiger partial charge in [-0.15, -0.1) is 0 Å². The average Bonchev–Trinajstić information content (AvgIpc) is 4.14. The van der Waals surface area contributed by atoms with Gasteiger partial charge in [0.1, 0.15) is 48.3 Å². The number of H-pyrrole nitrogens is 1. The predicted octanol–water partition coefficient (Wildman–Crippen LogP) is 2.92. The number of hydrogen-bond donors (Lipinski definition) is 6. The number of carbonyl (C=O) groups excluding carboxylic acids is 8. The Bertz CT molecular complexity index is 2120. The Balaban J connectivity index is 1.40. The standard InChI is InChI=1S/C49H73N9O8/c1-9-29(7)40-48(65)58-23-15-20-38(58)46(63)55-41(30(8)10-2)49(66)57-22-14-19-37(57)45(62)52-35(25-31-26-50-33-17-12-11-16-32(31)33)43(60)53-39(28(5)6)47(64)56-21-13-18-36(56)44(61)51-34(24-27(3)4)42(59)54-40/h11-12,16-17,26-30,34-41,50H,9-10,13-15,18-25H2,1-8H3,(H,51,61)(H,52,62)(H,53,60)(H,54,59)(H,55,63)/t29-,30-,34-,35-,36-,37-,38-,39-,40-,41-/m0/s1. The van der Waals surface area contributed by atoms with E-state index >= 15 is 0 Å². The van der Waals surface area contributed by atoms with Gasteiger partial charge in [-0.2, -0.15) is 0 Å². The molecule has 0 unspecified atom stereocenters. The van der Waals surface area contributed by atoms with E-state index in [9.17, 15) is 38.4 Å². The zero-order valence-electron chi connectivity index (χ0n) is 40.1. The molecule has 1 aromatic carbocycles. The molecule has 0 saturated carbocycles. The molecule has 2 aromatic rings. The number of benzene rings is 1. The molecule has 6 N–H and O–H groups in total. The zero-order valence-corrected chi connectivity index (χ0v) is 40.1. The number of rotatable bonds is 9. The summed E-state index contributed by atoms with van der Waals surface area (Å²) in [4.78, 5) is 124. The first-order valence-electron chi connectivity index (χ1n) is 24.4. The molecule has 362 valence electrons. The third-order valence-electron chi connectivity index (χ3n) is 14.4. The van der Waals surface area contributed by atoms with Crippen LogP contribution in [0.1, 0.15) is 119 Å². The van der Waals surface area contributed by atoms with Gasteiger partial charge in [-0.05, 0) is 80.2 Å². The first kappa shape index (κ1) is 49.9. The molecule has 0 spiro atoms. The Morgan fingerprint density at radius 3 is 1.45 bits per heavy atom. The maximum atomic E-state index is 14.7. The van der Waals surface area contributed by atoms with Gasteiger partial charge in [-0.1, -0.05) is 86.4 Å². The van der Waals surface area contributed by atoms with Crippen LogP contribution < -0.4 is 26.6 Å². The van der Waals surface area contributed by atoms with E-state index in [2.05, 4.69) is 31.6 Å². The van der Waals surface area contributed by atoms with Gasteiger partial charge in [0.15, 0.2) is 0 Å². The lowest BCUT2D eigenvalue weighted by atomic mass is 9.95. The van der Waals surface area contributed by atoms with Crippen molar-refractivity contribution in [1.29, 1.82) is 0 Å². The number of carbonyl (C=O) groups is 8. The number of hydrogen-bond acceptors (Lipinski definition) is 8.